The van der Waals surface area contributed by atoms with Gasteiger partial charge in [-0.15, -0.1) is 0 Å². The summed E-state index contributed by atoms with van der Waals surface area (Å²) in [6.45, 7) is 9.05. The summed E-state index contributed by atoms with van der Waals surface area (Å²) >= 11 is 0. The van der Waals surface area contributed by atoms with Gasteiger partial charge in [-0.1, -0.05) is 69.2 Å². The molecule has 1 aliphatic heterocycles. The van der Waals surface area contributed by atoms with Gasteiger partial charge >= 0.3 is 5.97 Å². The summed E-state index contributed by atoms with van der Waals surface area (Å²) < 4.78 is 0. The van der Waals surface area contributed by atoms with Crippen molar-refractivity contribution >= 4 is 17.8 Å². The Morgan fingerprint density at radius 1 is 1.06 bits per heavy atom. The minimum Gasteiger partial charge on any atom is -0.481 e. The molecule has 1 aromatic rings. The summed E-state index contributed by atoms with van der Waals surface area (Å²) in [6, 6.07) is 9.82. The first-order valence-electron chi connectivity index (χ1n) is 13.9. The van der Waals surface area contributed by atoms with Gasteiger partial charge in [0.05, 0.1) is 23.8 Å². The van der Waals surface area contributed by atoms with Crippen molar-refractivity contribution in [3.8, 4) is 0 Å². The first-order chi connectivity index (χ1) is 17.0. The summed E-state index contributed by atoms with van der Waals surface area (Å²) in [5, 5.41) is 10.3. The van der Waals surface area contributed by atoms with Gasteiger partial charge in [0, 0.05) is 5.41 Å². The molecule has 5 heteroatoms. The molecule has 8 atom stereocenters. The number of aliphatic carboxylic acids is 1. The van der Waals surface area contributed by atoms with E-state index in [0.29, 0.717) is 12.5 Å². The average molecular weight is 490 g/mol. The molecule has 7 rings (SSSR count). The zero-order valence-corrected chi connectivity index (χ0v) is 22.0. The van der Waals surface area contributed by atoms with Crippen molar-refractivity contribution in [1.82, 2.24) is 4.90 Å². The number of carboxylic acid groups (broad SMARTS) is 1. The molecule has 0 radical (unpaired) electrons. The molecule has 3 saturated carbocycles. The van der Waals surface area contributed by atoms with Crippen LogP contribution in [0.5, 0.6) is 0 Å². The second-order valence-electron chi connectivity index (χ2n) is 13.2. The van der Waals surface area contributed by atoms with Crippen LogP contribution in [0.15, 0.2) is 42.0 Å². The Morgan fingerprint density at radius 3 is 2.44 bits per heavy atom. The summed E-state index contributed by atoms with van der Waals surface area (Å²) in [7, 11) is 0. The number of fused-ring (bicyclic) bond motifs is 1. The van der Waals surface area contributed by atoms with Crippen molar-refractivity contribution in [3.05, 3.63) is 47.5 Å². The van der Waals surface area contributed by atoms with Crippen molar-refractivity contribution in [2.45, 2.75) is 72.8 Å². The maximum Gasteiger partial charge on any atom is 0.309 e. The average Bonchev–Trinajstić information content (AvgIpc) is 3.11. The van der Waals surface area contributed by atoms with E-state index >= 15 is 0 Å². The number of carbonyl (C=O) groups is 3. The van der Waals surface area contributed by atoms with Crippen LogP contribution in [0.25, 0.3) is 0 Å². The molecule has 1 spiro atoms. The summed E-state index contributed by atoms with van der Waals surface area (Å²) in [4.78, 5) is 42.2. The highest BCUT2D eigenvalue weighted by Gasteiger charge is 2.73. The van der Waals surface area contributed by atoms with Crippen LogP contribution in [-0.2, 0) is 20.9 Å². The third-order valence-corrected chi connectivity index (χ3v) is 11.4. The minimum atomic E-state index is -0.718. The molecule has 36 heavy (non-hydrogen) atoms. The van der Waals surface area contributed by atoms with Crippen LogP contribution in [0.2, 0.25) is 0 Å². The van der Waals surface area contributed by atoms with Crippen molar-refractivity contribution < 1.29 is 19.5 Å². The van der Waals surface area contributed by atoms with E-state index in [1.807, 2.05) is 37.3 Å². The van der Waals surface area contributed by atoms with Crippen molar-refractivity contribution in [2.24, 2.45) is 51.8 Å². The molecule has 2 bridgehead atoms. The molecule has 5 nitrogen and oxygen atoms in total. The van der Waals surface area contributed by atoms with E-state index in [0.717, 1.165) is 44.1 Å². The zero-order valence-electron chi connectivity index (χ0n) is 22.0. The van der Waals surface area contributed by atoms with Crippen LogP contribution in [0.4, 0.5) is 0 Å². The van der Waals surface area contributed by atoms with Crippen molar-refractivity contribution in [3.63, 3.8) is 0 Å². The van der Waals surface area contributed by atoms with Gasteiger partial charge in [0.15, 0.2) is 0 Å². The Morgan fingerprint density at radius 2 is 1.78 bits per heavy atom. The molecule has 1 heterocycles. The molecule has 1 saturated heterocycles. The summed E-state index contributed by atoms with van der Waals surface area (Å²) in [5.41, 5.74) is 1.14. The highest BCUT2D eigenvalue weighted by atomic mass is 16.4. The predicted octanol–water partition coefficient (Wildman–Crippen LogP) is 5.70. The number of carbonyl (C=O) groups excluding carboxylic acids is 2. The number of imide groups is 1. The molecular formula is C31H39NO4. The summed E-state index contributed by atoms with van der Waals surface area (Å²) in [5.74, 6) is -0.486. The Bertz CT molecular complexity index is 1160. The zero-order chi connectivity index (χ0) is 25.6. The lowest BCUT2D eigenvalue weighted by molar-refractivity contribution is -0.194. The lowest BCUT2D eigenvalue weighted by Crippen LogP contribution is -2.65. The van der Waals surface area contributed by atoms with Crippen LogP contribution >= 0.6 is 0 Å². The van der Waals surface area contributed by atoms with Crippen molar-refractivity contribution in [1.29, 1.82) is 0 Å². The molecule has 6 aliphatic rings. The Hall–Kier alpha value is -2.43. The monoisotopic (exact) mass is 489 g/mol. The van der Waals surface area contributed by atoms with Gasteiger partial charge in [0.2, 0.25) is 11.8 Å². The first-order valence-corrected chi connectivity index (χ1v) is 13.9. The number of hydrogen-bond acceptors (Lipinski definition) is 3. The van der Waals surface area contributed by atoms with Gasteiger partial charge in [-0.25, -0.2) is 0 Å². The van der Waals surface area contributed by atoms with E-state index in [2.05, 4.69) is 26.8 Å². The fraction of sp³-hybridized carbons (Fsp3) is 0.645. The van der Waals surface area contributed by atoms with E-state index in [9.17, 15) is 19.5 Å². The number of benzene rings is 1. The van der Waals surface area contributed by atoms with E-state index in [4.69, 9.17) is 0 Å². The first kappa shape index (κ1) is 23.9. The highest BCUT2D eigenvalue weighted by Crippen LogP contribution is 2.74. The third kappa shape index (κ3) is 2.92. The van der Waals surface area contributed by atoms with Crippen molar-refractivity contribution in [2.75, 3.05) is 0 Å². The van der Waals surface area contributed by atoms with Crippen LogP contribution < -0.4 is 0 Å². The van der Waals surface area contributed by atoms with Gasteiger partial charge in [-0.3, -0.25) is 19.3 Å². The minimum absolute atomic E-state index is 0.00136. The van der Waals surface area contributed by atoms with Gasteiger partial charge in [0.1, 0.15) is 0 Å². The molecule has 1 N–H and O–H groups in total. The third-order valence-electron chi connectivity index (χ3n) is 11.4. The largest absolute Gasteiger partial charge is 0.481 e. The fourth-order valence-corrected chi connectivity index (χ4v) is 9.94. The number of hydrogen-bond donors (Lipinski definition) is 1. The molecule has 0 aromatic heterocycles. The summed E-state index contributed by atoms with van der Waals surface area (Å²) in [6.07, 6.45) is 7.63. The van der Waals surface area contributed by atoms with Crippen LogP contribution in [-0.4, -0.2) is 27.8 Å². The van der Waals surface area contributed by atoms with Gasteiger partial charge in [-0.2, -0.15) is 0 Å². The number of allylic oxidation sites excluding steroid dienone is 2. The SMILES string of the molecule is CC(C)C1=C[C@]23CC[C@@H]4[C@](C)(CCC[C@@]4(C)C(=O)O)[C@@H]2C[C@@H]1[C@H]1C(=O)N(Cc2ccccc2)C(=O)[C@@H]13. The quantitative estimate of drug-likeness (QED) is 0.435. The Balaban J connectivity index is 1.45. The molecule has 192 valence electrons. The number of rotatable bonds is 4. The van der Waals surface area contributed by atoms with Crippen LogP contribution in [0, 0.1) is 51.8 Å². The fourth-order valence-electron chi connectivity index (χ4n) is 9.94. The van der Waals surface area contributed by atoms with Gasteiger partial charge < -0.3 is 5.11 Å². The second kappa shape index (κ2) is 7.79. The number of carboxylic acids is 1. The standard InChI is InChI=1S/C31H39NO4/c1-18(2)21-16-31-14-11-22-29(3,12-8-13-30(22,4)28(35)36)23(31)15-20(21)24-25(31)27(34)32(26(24)33)17-19-9-6-5-7-10-19/h5-7,9-10,16,18,20,22-25H,8,11-15,17H2,1-4H3,(H,35,36)/t20-,22+,23-,24+,25+,29-,30+,31+/m0/s1. The Kier molecular flexibility index (Phi) is 5.18. The molecule has 1 aromatic carbocycles. The Labute approximate surface area is 214 Å². The van der Waals surface area contributed by atoms with E-state index in [1.54, 1.807) is 4.90 Å². The molecule has 2 amide bonds. The maximum atomic E-state index is 14.2. The van der Waals surface area contributed by atoms with Crippen LogP contribution in [0.1, 0.15) is 71.8 Å². The lowest BCUT2D eigenvalue weighted by atomic mass is 9.34. The van der Waals surface area contributed by atoms with E-state index < -0.39 is 11.4 Å². The highest BCUT2D eigenvalue weighted by molar-refractivity contribution is 6.06. The van der Waals surface area contributed by atoms with Gasteiger partial charge in [0.25, 0.3) is 0 Å². The molecule has 0 unspecified atom stereocenters. The number of likely N-dealkylation sites (tertiary alicyclic amines) is 1. The van der Waals surface area contributed by atoms with E-state index in [1.165, 1.54) is 5.57 Å². The topological polar surface area (TPSA) is 74.7 Å². The smallest absolute Gasteiger partial charge is 0.309 e. The second-order valence-corrected chi connectivity index (χ2v) is 13.2. The molecule has 4 fully saturated rings. The van der Waals surface area contributed by atoms with Gasteiger partial charge in [-0.05, 0) is 73.7 Å². The number of amides is 2. The van der Waals surface area contributed by atoms with Crippen LogP contribution in [0.3, 0.4) is 0 Å². The normalized spacial score (nSPS) is 43.2. The molecule has 5 aliphatic carbocycles. The lowest BCUT2D eigenvalue weighted by Gasteiger charge is -2.68. The number of nitrogens with zero attached hydrogens (tertiary/aromatic N) is 1. The predicted molar refractivity (Wildman–Crippen MR) is 136 cm³/mol. The maximum absolute atomic E-state index is 14.2. The van der Waals surface area contributed by atoms with E-state index in [-0.39, 0.29) is 52.2 Å². The molecular weight excluding hydrogens is 450 g/mol.